The zero-order valence-electron chi connectivity index (χ0n) is 11.8. The number of hydrogen-bond acceptors (Lipinski definition) is 4. The summed E-state index contributed by atoms with van der Waals surface area (Å²) in [6.07, 6.45) is 4.63. The lowest BCUT2D eigenvalue weighted by Crippen LogP contribution is -2.62. The molecular formula is C14H28N2O2. The van der Waals surface area contributed by atoms with Crippen molar-refractivity contribution in [3.63, 3.8) is 0 Å². The molecule has 2 heterocycles. The average molecular weight is 256 g/mol. The fourth-order valence-corrected chi connectivity index (χ4v) is 3.16. The van der Waals surface area contributed by atoms with E-state index in [1.54, 1.807) is 0 Å². The Kier molecular flexibility index (Phi) is 5.01. The Bertz CT molecular complexity index is 258. The summed E-state index contributed by atoms with van der Waals surface area (Å²) in [5, 5.41) is 13.9. The van der Waals surface area contributed by atoms with E-state index in [1.165, 1.54) is 12.8 Å². The predicted octanol–water partition coefficient (Wildman–Crippen LogP) is 0.990. The van der Waals surface area contributed by atoms with Crippen LogP contribution in [0.2, 0.25) is 0 Å². The molecule has 4 heteroatoms. The number of likely N-dealkylation sites (tertiary alicyclic amines) is 1. The molecule has 2 saturated heterocycles. The third kappa shape index (κ3) is 3.44. The molecule has 0 amide bonds. The highest BCUT2D eigenvalue weighted by Gasteiger charge is 2.39. The van der Waals surface area contributed by atoms with Crippen LogP contribution < -0.4 is 5.32 Å². The van der Waals surface area contributed by atoms with Gasteiger partial charge in [-0.2, -0.15) is 0 Å². The Morgan fingerprint density at radius 3 is 3.06 bits per heavy atom. The molecule has 18 heavy (non-hydrogen) atoms. The van der Waals surface area contributed by atoms with Crippen LogP contribution in [0, 0.1) is 0 Å². The van der Waals surface area contributed by atoms with Gasteiger partial charge in [-0.05, 0) is 45.7 Å². The van der Waals surface area contributed by atoms with Crippen LogP contribution in [0.1, 0.15) is 39.5 Å². The second-order valence-corrected chi connectivity index (χ2v) is 5.96. The average Bonchev–Trinajstić information content (AvgIpc) is 2.36. The zero-order valence-corrected chi connectivity index (χ0v) is 11.8. The SMILES string of the molecule is CCCOC1CCCN(C2CNCCC2(C)O)C1. The van der Waals surface area contributed by atoms with Crippen molar-refractivity contribution in [1.82, 2.24) is 10.2 Å². The molecule has 3 unspecified atom stereocenters. The second-order valence-electron chi connectivity index (χ2n) is 5.96. The first-order chi connectivity index (χ1) is 8.63. The van der Waals surface area contributed by atoms with Crippen LogP contribution >= 0.6 is 0 Å². The lowest BCUT2D eigenvalue weighted by molar-refractivity contribution is -0.0835. The first kappa shape index (κ1) is 14.3. The molecule has 0 aliphatic carbocycles. The molecule has 0 aromatic heterocycles. The van der Waals surface area contributed by atoms with Crippen LogP contribution in [-0.2, 0) is 4.74 Å². The molecular weight excluding hydrogens is 228 g/mol. The fourth-order valence-electron chi connectivity index (χ4n) is 3.16. The van der Waals surface area contributed by atoms with Gasteiger partial charge < -0.3 is 15.2 Å². The molecule has 0 bridgehead atoms. The van der Waals surface area contributed by atoms with E-state index in [2.05, 4.69) is 17.1 Å². The topological polar surface area (TPSA) is 44.7 Å². The van der Waals surface area contributed by atoms with E-state index < -0.39 is 5.60 Å². The molecule has 0 saturated carbocycles. The summed E-state index contributed by atoms with van der Waals surface area (Å²) in [6.45, 7) is 8.88. The molecule has 2 fully saturated rings. The van der Waals surface area contributed by atoms with Gasteiger partial charge in [0, 0.05) is 19.7 Å². The van der Waals surface area contributed by atoms with Crippen molar-refractivity contribution in [2.75, 3.05) is 32.8 Å². The number of piperidine rings is 2. The van der Waals surface area contributed by atoms with Crippen LogP contribution in [0.5, 0.6) is 0 Å². The highest BCUT2D eigenvalue weighted by atomic mass is 16.5. The Morgan fingerprint density at radius 1 is 1.50 bits per heavy atom. The maximum Gasteiger partial charge on any atom is 0.0798 e. The van der Waals surface area contributed by atoms with Crippen molar-refractivity contribution < 1.29 is 9.84 Å². The molecule has 0 aromatic carbocycles. The van der Waals surface area contributed by atoms with E-state index >= 15 is 0 Å². The van der Waals surface area contributed by atoms with Gasteiger partial charge in [-0.25, -0.2) is 0 Å². The first-order valence-electron chi connectivity index (χ1n) is 7.42. The van der Waals surface area contributed by atoms with Gasteiger partial charge in [-0.1, -0.05) is 6.92 Å². The number of ether oxygens (including phenoxy) is 1. The third-order valence-corrected chi connectivity index (χ3v) is 4.27. The Hall–Kier alpha value is -0.160. The van der Waals surface area contributed by atoms with Gasteiger partial charge >= 0.3 is 0 Å². The lowest BCUT2D eigenvalue weighted by atomic mass is 9.87. The van der Waals surface area contributed by atoms with Crippen molar-refractivity contribution >= 4 is 0 Å². The quantitative estimate of drug-likeness (QED) is 0.787. The standard InChI is InChI=1S/C14H28N2O2/c1-3-9-18-12-5-4-8-16(11-12)13-10-15-7-6-14(13,2)17/h12-13,15,17H,3-11H2,1-2H3. The maximum atomic E-state index is 10.5. The number of hydrogen-bond donors (Lipinski definition) is 2. The van der Waals surface area contributed by atoms with E-state index in [0.717, 1.165) is 45.6 Å². The van der Waals surface area contributed by atoms with E-state index in [-0.39, 0.29) is 6.04 Å². The summed E-state index contributed by atoms with van der Waals surface area (Å²) in [6, 6.07) is 0.235. The highest BCUT2D eigenvalue weighted by molar-refractivity contribution is 4.96. The summed E-state index contributed by atoms with van der Waals surface area (Å²) in [7, 11) is 0. The predicted molar refractivity (Wildman–Crippen MR) is 72.7 cm³/mol. The molecule has 0 aromatic rings. The molecule has 0 spiro atoms. The summed E-state index contributed by atoms with van der Waals surface area (Å²) in [5.74, 6) is 0. The molecule has 106 valence electrons. The molecule has 2 aliphatic rings. The van der Waals surface area contributed by atoms with Crippen molar-refractivity contribution in [2.24, 2.45) is 0 Å². The number of aliphatic hydroxyl groups is 1. The summed E-state index contributed by atoms with van der Waals surface area (Å²) in [5.41, 5.74) is -0.558. The minimum atomic E-state index is -0.558. The van der Waals surface area contributed by atoms with E-state index in [0.29, 0.717) is 6.10 Å². The smallest absolute Gasteiger partial charge is 0.0798 e. The van der Waals surface area contributed by atoms with Crippen molar-refractivity contribution in [1.29, 1.82) is 0 Å². The normalized spacial score (nSPS) is 38.8. The van der Waals surface area contributed by atoms with E-state index in [4.69, 9.17) is 4.74 Å². The van der Waals surface area contributed by atoms with Crippen molar-refractivity contribution in [2.45, 2.75) is 57.3 Å². The van der Waals surface area contributed by atoms with Crippen LogP contribution in [-0.4, -0.2) is 60.5 Å². The van der Waals surface area contributed by atoms with Gasteiger partial charge in [0.1, 0.15) is 0 Å². The van der Waals surface area contributed by atoms with Gasteiger partial charge in [-0.3, -0.25) is 4.90 Å². The highest BCUT2D eigenvalue weighted by Crippen LogP contribution is 2.26. The minimum absolute atomic E-state index is 0.235. The van der Waals surface area contributed by atoms with Gasteiger partial charge in [0.25, 0.3) is 0 Å². The fraction of sp³-hybridized carbons (Fsp3) is 1.00. The van der Waals surface area contributed by atoms with Gasteiger partial charge in [0.2, 0.25) is 0 Å². The Morgan fingerprint density at radius 2 is 2.33 bits per heavy atom. The van der Waals surface area contributed by atoms with Gasteiger partial charge in [0.15, 0.2) is 0 Å². The van der Waals surface area contributed by atoms with Crippen molar-refractivity contribution in [3.05, 3.63) is 0 Å². The van der Waals surface area contributed by atoms with Crippen LogP contribution in [0.4, 0.5) is 0 Å². The van der Waals surface area contributed by atoms with Crippen LogP contribution in [0.25, 0.3) is 0 Å². The van der Waals surface area contributed by atoms with E-state index in [9.17, 15) is 5.11 Å². The molecule has 4 nitrogen and oxygen atoms in total. The summed E-state index contributed by atoms with van der Waals surface area (Å²) in [4.78, 5) is 2.43. The first-order valence-corrected chi connectivity index (χ1v) is 7.42. The molecule has 3 atom stereocenters. The van der Waals surface area contributed by atoms with Gasteiger partial charge in [-0.15, -0.1) is 0 Å². The van der Waals surface area contributed by atoms with Gasteiger partial charge in [0.05, 0.1) is 17.7 Å². The van der Waals surface area contributed by atoms with Crippen molar-refractivity contribution in [3.8, 4) is 0 Å². The number of nitrogens with zero attached hydrogens (tertiary/aromatic N) is 1. The minimum Gasteiger partial charge on any atom is -0.388 e. The monoisotopic (exact) mass is 256 g/mol. The second kappa shape index (κ2) is 6.33. The molecule has 2 rings (SSSR count). The maximum absolute atomic E-state index is 10.5. The Labute approximate surface area is 111 Å². The summed E-state index contributed by atoms with van der Waals surface area (Å²) < 4.78 is 5.88. The lowest BCUT2D eigenvalue weighted by Gasteiger charge is -2.47. The number of nitrogens with one attached hydrogen (secondary N) is 1. The zero-order chi connectivity index (χ0) is 13.0. The summed E-state index contributed by atoms with van der Waals surface area (Å²) >= 11 is 0. The Balaban J connectivity index is 1.91. The van der Waals surface area contributed by atoms with Crippen LogP contribution in [0.15, 0.2) is 0 Å². The molecule has 0 radical (unpaired) electrons. The third-order valence-electron chi connectivity index (χ3n) is 4.27. The number of rotatable bonds is 4. The largest absolute Gasteiger partial charge is 0.388 e. The molecule has 2 aliphatic heterocycles. The van der Waals surface area contributed by atoms with E-state index in [1.807, 2.05) is 6.92 Å². The van der Waals surface area contributed by atoms with Crippen LogP contribution in [0.3, 0.4) is 0 Å². The molecule has 2 N–H and O–H groups in total.